The van der Waals surface area contributed by atoms with Crippen molar-refractivity contribution in [3.8, 4) is 23.0 Å². The number of nitrogens with zero attached hydrogens (tertiary/aromatic N) is 1. The molecule has 0 radical (unpaired) electrons. The van der Waals surface area contributed by atoms with Crippen molar-refractivity contribution in [3.05, 3.63) is 42.0 Å². The van der Waals surface area contributed by atoms with E-state index in [9.17, 15) is 4.79 Å². The Morgan fingerprint density at radius 2 is 1.62 bits per heavy atom. The second-order valence-corrected chi connectivity index (χ2v) is 5.23. The number of carbonyl (C=O) groups is 1. The Bertz CT molecular complexity index is 737. The molecule has 0 aliphatic carbocycles. The fourth-order valence-electron chi connectivity index (χ4n) is 2.59. The summed E-state index contributed by atoms with van der Waals surface area (Å²) < 4.78 is 21.7. The Labute approximate surface area is 140 Å². The monoisotopic (exact) mass is 329 g/mol. The van der Waals surface area contributed by atoms with Gasteiger partial charge >= 0.3 is 0 Å². The summed E-state index contributed by atoms with van der Waals surface area (Å²) >= 11 is 0. The summed E-state index contributed by atoms with van der Waals surface area (Å²) in [6.45, 7) is 1.02. The maximum Gasteiger partial charge on any atom is 0.265 e. The van der Waals surface area contributed by atoms with Crippen molar-refractivity contribution in [2.24, 2.45) is 0 Å². The molecule has 24 heavy (non-hydrogen) atoms. The van der Waals surface area contributed by atoms with Crippen LogP contribution < -0.4 is 23.8 Å². The Morgan fingerprint density at radius 1 is 1.00 bits per heavy atom. The Morgan fingerprint density at radius 3 is 2.25 bits per heavy atom. The van der Waals surface area contributed by atoms with Crippen LogP contribution in [-0.4, -0.2) is 40.4 Å². The third kappa shape index (κ3) is 2.82. The maximum atomic E-state index is 13.0. The van der Waals surface area contributed by atoms with Crippen molar-refractivity contribution < 1.29 is 23.7 Å². The number of amides is 1. The summed E-state index contributed by atoms with van der Waals surface area (Å²) in [7, 11) is 4.74. The second-order valence-electron chi connectivity index (χ2n) is 5.23. The zero-order chi connectivity index (χ0) is 17.1. The maximum absolute atomic E-state index is 13.0. The van der Waals surface area contributed by atoms with Crippen LogP contribution in [0.5, 0.6) is 23.0 Å². The number of benzene rings is 2. The van der Waals surface area contributed by atoms with Gasteiger partial charge in [0, 0.05) is 18.8 Å². The minimum absolute atomic E-state index is 0.235. The molecular weight excluding hydrogens is 310 g/mol. The molecule has 0 bridgehead atoms. The molecule has 0 unspecified atom stereocenters. The third-order valence-electron chi connectivity index (χ3n) is 3.86. The van der Waals surface area contributed by atoms with E-state index in [4.69, 9.17) is 18.9 Å². The van der Waals surface area contributed by atoms with Crippen molar-refractivity contribution in [3.63, 3.8) is 0 Å². The lowest BCUT2D eigenvalue weighted by atomic mass is 10.1. The number of hydrogen-bond acceptors (Lipinski definition) is 5. The van der Waals surface area contributed by atoms with E-state index in [1.54, 1.807) is 37.4 Å². The van der Waals surface area contributed by atoms with Gasteiger partial charge in [0.15, 0.2) is 11.5 Å². The summed E-state index contributed by atoms with van der Waals surface area (Å²) in [5, 5.41) is 0. The van der Waals surface area contributed by atoms with E-state index < -0.39 is 0 Å². The van der Waals surface area contributed by atoms with Crippen LogP contribution in [0, 0.1) is 0 Å². The number of methoxy groups -OCH3 is 2. The van der Waals surface area contributed by atoms with Crippen LogP contribution in [0.4, 0.5) is 5.69 Å². The van der Waals surface area contributed by atoms with Crippen LogP contribution in [-0.2, 0) is 0 Å². The third-order valence-corrected chi connectivity index (χ3v) is 3.86. The van der Waals surface area contributed by atoms with E-state index >= 15 is 0 Å². The molecule has 2 aromatic carbocycles. The highest BCUT2D eigenvalue weighted by Gasteiger charge is 2.23. The lowest BCUT2D eigenvalue weighted by Gasteiger charge is -2.23. The van der Waals surface area contributed by atoms with Gasteiger partial charge in [0.05, 0.1) is 14.2 Å². The summed E-state index contributed by atoms with van der Waals surface area (Å²) in [5.74, 6) is 2.00. The topological polar surface area (TPSA) is 57.2 Å². The highest BCUT2D eigenvalue weighted by atomic mass is 16.6. The highest BCUT2D eigenvalue weighted by Crippen LogP contribution is 2.35. The van der Waals surface area contributed by atoms with Crippen LogP contribution in [0.15, 0.2) is 36.4 Å². The molecule has 1 amide bonds. The molecule has 0 saturated heterocycles. The number of carbonyl (C=O) groups excluding carboxylic acids is 1. The van der Waals surface area contributed by atoms with Gasteiger partial charge in [0.25, 0.3) is 5.91 Å². The molecule has 0 saturated carbocycles. The molecule has 0 fully saturated rings. The Balaban J connectivity index is 1.96. The van der Waals surface area contributed by atoms with E-state index in [0.717, 1.165) is 0 Å². The van der Waals surface area contributed by atoms with E-state index in [2.05, 4.69) is 0 Å². The van der Waals surface area contributed by atoms with Gasteiger partial charge in [-0.05, 0) is 24.3 Å². The molecule has 0 aromatic heterocycles. The first-order valence-corrected chi connectivity index (χ1v) is 7.54. The predicted molar refractivity (Wildman–Crippen MR) is 89.7 cm³/mol. The van der Waals surface area contributed by atoms with E-state index in [1.807, 2.05) is 6.07 Å². The molecule has 0 spiro atoms. The normalized spacial score (nSPS) is 12.5. The minimum Gasteiger partial charge on any atom is -0.496 e. The summed E-state index contributed by atoms with van der Waals surface area (Å²) in [6, 6.07) is 10.6. The first-order valence-electron chi connectivity index (χ1n) is 7.54. The van der Waals surface area contributed by atoms with E-state index in [-0.39, 0.29) is 5.91 Å². The molecule has 6 heteroatoms. The highest BCUT2D eigenvalue weighted by molar-refractivity contribution is 6.09. The summed E-state index contributed by atoms with van der Waals surface area (Å²) in [5.41, 5.74) is 1.07. The van der Waals surface area contributed by atoms with Crippen molar-refractivity contribution in [2.75, 3.05) is 39.4 Å². The standard InChI is InChI=1S/C18H19NO5/c1-19(12-7-8-13-16(11-12)24-10-9-23-13)18(20)17-14(21-2)5-4-6-15(17)22-3/h4-8,11H,9-10H2,1-3H3. The molecule has 6 nitrogen and oxygen atoms in total. The van der Waals surface area contributed by atoms with Crippen LogP contribution in [0.3, 0.4) is 0 Å². The fraction of sp³-hybridized carbons (Fsp3) is 0.278. The van der Waals surface area contributed by atoms with Crippen LogP contribution in [0.1, 0.15) is 10.4 Å². The summed E-state index contributed by atoms with van der Waals surface area (Å²) in [6.07, 6.45) is 0. The van der Waals surface area contributed by atoms with Crippen molar-refractivity contribution in [2.45, 2.75) is 0 Å². The molecular formula is C18H19NO5. The van der Waals surface area contributed by atoms with Gasteiger partial charge < -0.3 is 23.8 Å². The lowest BCUT2D eigenvalue weighted by Crippen LogP contribution is -2.27. The van der Waals surface area contributed by atoms with Gasteiger partial charge in [-0.15, -0.1) is 0 Å². The molecule has 126 valence electrons. The van der Waals surface area contributed by atoms with E-state index in [1.165, 1.54) is 19.1 Å². The van der Waals surface area contributed by atoms with Crippen molar-refractivity contribution in [1.82, 2.24) is 0 Å². The number of anilines is 1. The van der Waals surface area contributed by atoms with E-state index in [0.29, 0.717) is 47.5 Å². The molecule has 2 aromatic rings. The number of rotatable bonds is 4. The minimum atomic E-state index is -0.235. The second kappa shape index (κ2) is 6.70. The fourth-order valence-corrected chi connectivity index (χ4v) is 2.59. The first-order chi connectivity index (χ1) is 11.7. The smallest absolute Gasteiger partial charge is 0.265 e. The van der Waals surface area contributed by atoms with Gasteiger partial charge in [-0.2, -0.15) is 0 Å². The van der Waals surface area contributed by atoms with Gasteiger partial charge in [-0.1, -0.05) is 6.07 Å². The Kier molecular flexibility index (Phi) is 4.46. The SMILES string of the molecule is COc1cccc(OC)c1C(=O)N(C)c1ccc2c(c1)OCCO2. The van der Waals surface area contributed by atoms with Crippen molar-refractivity contribution in [1.29, 1.82) is 0 Å². The molecule has 1 aliphatic heterocycles. The van der Waals surface area contributed by atoms with Gasteiger partial charge in [-0.3, -0.25) is 4.79 Å². The molecule has 1 aliphatic rings. The average molecular weight is 329 g/mol. The molecule has 3 rings (SSSR count). The van der Waals surface area contributed by atoms with Gasteiger partial charge in [-0.25, -0.2) is 0 Å². The predicted octanol–water partition coefficient (Wildman–Crippen LogP) is 2.75. The lowest BCUT2D eigenvalue weighted by molar-refractivity contribution is 0.0986. The zero-order valence-corrected chi connectivity index (χ0v) is 13.9. The first kappa shape index (κ1) is 16.0. The zero-order valence-electron chi connectivity index (χ0n) is 13.9. The molecule has 1 heterocycles. The van der Waals surface area contributed by atoms with Crippen LogP contribution >= 0.6 is 0 Å². The average Bonchev–Trinajstić information content (AvgIpc) is 2.65. The van der Waals surface area contributed by atoms with Crippen molar-refractivity contribution >= 4 is 11.6 Å². The molecule has 0 atom stereocenters. The number of fused-ring (bicyclic) bond motifs is 1. The van der Waals surface area contributed by atoms with Gasteiger partial charge in [0.2, 0.25) is 0 Å². The molecule has 0 N–H and O–H groups in total. The number of hydrogen-bond donors (Lipinski definition) is 0. The van der Waals surface area contributed by atoms with Gasteiger partial charge in [0.1, 0.15) is 30.3 Å². The number of ether oxygens (including phenoxy) is 4. The summed E-state index contributed by atoms with van der Waals surface area (Å²) in [4.78, 5) is 14.5. The largest absolute Gasteiger partial charge is 0.496 e. The quantitative estimate of drug-likeness (QED) is 0.863. The van der Waals surface area contributed by atoms with Crippen LogP contribution in [0.25, 0.3) is 0 Å². The Hall–Kier alpha value is -2.89. The van der Waals surface area contributed by atoms with Crippen LogP contribution in [0.2, 0.25) is 0 Å².